The summed E-state index contributed by atoms with van der Waals surface area (Å²) in [5.41, 5.74) is 0.851. The number of aromatic nitrogens is 2. The van der Waals surface area contributed by atoms with Gasteiger partial charge in [-0.15, -0.1) is 0 Å². The fraction of sp³-hybridized carbons (Fsp3) is 0.294. The largest absolute Gasteiger partial charge is 0.473 e. The summed E-state index contributed by atoms with van der Waals surface area (Å²) in [7, 11) is -3.45. The lowest BCUT2D eigenvalue weighted by molar-refractivity contribution is 0.206. The summed E-state index contributed by atoms with van der Waals surface area (Å²) >= 11 is 0. The Bertz CT molecular complexity index is 822. The average molecular weight is 345 g/mol. The van der Waals surface area contributed by atoms with Gasteiger partial charge in [-0.05, 0) is 25.0 Å². The van der Waals surface area contributed by atoms with E-state index in [0.717, 1.165) is 5.56 Å². The van der Waals surface area contributed by atoms with Gasteiger partial charge >= 0.3 is 0 Å². The molecule has 0 radical (unpaired) electrons. The van der Waals surface area contributed by atoms with Gasteiger partial charge < -0.3 is 4.74 Å². The van der Waals surface area contributed by atoms with Gasteiger partial charge in [0, 0.05) is 24.2 Å². The van der Waals surface area contributed by atoms with Crippen LogP contribution in [0.25, 0.3) is 6.08 Å². The smallest absolute Gasteiger partial charge is 0.236 e. The van der Waals surface area contributed by atoms with Crippen LogP contribution in [0.1, 0.15) is 17.8 Å². The molecule has 1 saturated heterocycles. The molecule has 7 heteroatoms. The Kier molecular flexibility index (Phi) is 4.92. The molecule has 1 aliphatic rings. The minimum absolute atomic E-state index is 0.195. The lowest BCUT2D eigenvalue weighted by Crippen LogP contribution is -2.29. The Morgan fingerprint density at radius 1 is 1.25 bits per heavy atom. The molecular weight excluding hydrogens is 326 g/mol. The third kappa shape index (κ3) is 4.18. The molecule has 24 heavy (non-hydrogen) atoms. The molecule has 0 unspecified atom stereocenters. The highest BCUT2D eigenvalue weighted by molar-refractivity contribution is 7.92. The maximum atomic E-state index is 12.4. The van der Waals surface area contributed by atoms with Crippen LogP contribution in [0.3, 0.4) is 0 Å². The minimum Gasteiger partial charge on any atom is -0.473 e. The first-order chi connectivity index (χ1) is 11.5. The molecule has 1 fully saturated rings. The van der Waals surface area contributed by atoms with E-state index in [0.29, 0.717) is 31.2 Å². The topological polar surface area (TPSA) is 72.4 Å². The minimum atomic E-state index is -3.45. The number of aryl methyl sites for hydroxylation is 1. The zero-order valence-electron chi connectivity index (χ0n) is 13.4. The number of hydrogen-bond acceptors (Lipinski definition) is 5. The van der Waals surface area contributed by atoms with Crippen molar-refractivity contribution >= 4 is 16.1 Å². The molecule has 126 valence electrons. The molecule has 3 rings (SSSR count). The first-order valence-electron chi connectivity index (χ1n) is 7.72. The molecule has 0 amide bonds. The summed E-state index contributed by atoms with van der Waals surface area (Å²) in [5.74, 6) is 1.10. The van der Waals surface area contributed by atoms with Gasteiger partial charge in [-0.1, -0.05) is 30.3 Å². The Morgan fingerprint density at radius 3 is 2.79 bits per heavy atom. The summed E-state index contributed by atoms with van der Waals surface area (Å²) in [4.78, 5) is 8.20. The lowest BCUT2D eigenvalue weighted by Gasteiger charge is -2.15. The van der Waals surface area contributed by atoms with Gasteiger partial charge in [0.05, 0.1) is 6.54 Å². The molecule has 0 spiro atoms. The number of nitrogens with zero attached hydrogens (tertiary/aromatic N) is 3. The van der Waals surface area contributed by atoms with Gasteiger partial charge in [0.1, 0.15) is 11.9 Å². The average Bonchev–Trinajstić information content (AvgIpc) is 3.03. The van der Waals surface area contributed by atoms with Crippen LogP contribution in [-0.4, -0.2) is 41.9 Å². The molecule has 0 N–H and O–H groups in total. The van der Waals surface area contributed by atoms with Crippen molar-refractivity contribution in [2.24, 2.45) is 0 Å². The highest BCUT2D eigenvalue weighted by Crippen LogP contribution is 2.20. The zero-order chi connectivity index (χ0) is 17.0. The van der Waals surface area contributed by atoms with Gasteiger partial charge in [-0.3, -0.25) is 0 Å². The normalized spacial score (nSPS) is 19.0. The molecule has 1 aromatic carbocycles. The van der Waals surface area contributed by atoms with E-state index in [1.807, 2.05) is 30.3 Å². The maximum absolute atomic E-state index is 12.4. The molecule has 0 aliphatic carbocycles. The predicted molar refractivity (Wildman–Crippen MR) is 91.8 cm³/mol. The zero-order valence-corrected chi connectivity index (χ0v) is 14.2. The highest BCUT2D eigenvalue weighted by Gasteiger charge is 2.31. The second kappa shape index (κ2) is 7.11. The van der Waals surface area contributed by atoms with Gasteiger partial charge in [0.2, 0.25) is 15.9 Å². The van der Waals surface area contributed by atoms with Crippen molar-refractivity contribution in [1.82, 2.24) is 14.3 Å². The van der Waals surface area contributed by atoms with E-state index < -0.39 is 10.0 Å². The maximum Gasteiger partial charge on any atom is 0.236 e. The molecule has 6 nitrogen and oxygen atoms in total. The molecule has 2 aromatic rings. The number of benzene rings is 1. The van der Waals surface area contributed by atoms with Gasteiger partial charge in [0.15, 0.2) is 0 Å². The van der Waals surface area contributed by atoms with Crippen LogP contribution in [0.2, 0.25) is 0 Å². The number of ether oxygens (including phenoxy) is 1. The van der Waals surface area contributed by atoms with Crippen LogP contribution >= 0.6 is 0 Å². The third-order valence-electron chi connectivity index (χ3n) is 3.74. The second-order valence-corrected chi connectivity index (χ2v) is 7.41. The van der Waals surface area contributed by atoms with Crippen LogP contribution < -0.4 is 4.74 Å². The Morgan fingerprint density at radius 2 is 2.04 bits per heavy atom. The Balaban J connectivity index is 1.63. The van der Waals surface area contributed by atoms with Gasteiger partial charge in [-0.2, -0.15) is 9.29 Å². The molecule has 1 aliphatic heterocycles. The van der Waals surface area contributed by atoms with Crippen molar-refractivity contribution in [2.45, 2.75) is 19.4 Å². The van der Waals surface area contributed by atoms with E-state index in [-0.39, 0.29) is 6.10 Å². The summed E-state index contributed by atoms with van der Waals surface area (Å²) in [5, 5.41) is 1.25. The standard InChI is InChI=1S/C17H19N3O3S/c1-14-18-10-7-17(19-14)23-16-8-11-20(13-16)24(21,22)12-9-15-5-3-2-4-6-15/h2-7,9-10,12,16H,8,11,13H2,1H3/b12-9+/t16-/m0/s1. The van der Waals surface area contributed by atoms with Crippen molar-refractivity contribution in [3.63, 3.8) is 0 Å². The van der Waals surface area contributed by atoms with Crippen LogP contribution in [0.4, 0.5) is 0 Å². The van der Waals surface area contributed by atoms with E-state index >= 15 is 0 Å². The second-order valence-electron chi connectivity index (χ2n) is 5.59. The SMILES string of the molecule is Cc1nccc(O[C@H]2CCN(S(=O)(=O)/C=C/c3ccccc3)C2)n1. The molecule has 1 atom stereocenters. The van der Waals surface area contributed by atoms with Gasteiger partial charge in [0.25, 0.3) is 0 Å². The summed E-state index contributed by atoms with van der Waals surface area (Å²) in [6, 6.07) is 11.0. The molecule has 0 saturated carbocycles. The number of rotatable bonds is 5. The monoisotopic (exact) mass is 345 g/mol. The van der Waals surface area contributed by atoms with Crippen molar-refractivity contribution in [1.29, 1.82) is 0 Å². The first-order valence-corrected chi connectivity index (χ1v) is 9.23. The van der Waals surface area contributed by atoms with E-state index in [2.05, 4.69) is 9.97 Å². The van der Waals surface area contributed by atoms with Crippen LogP contribution in [0.15, 0.2) is 48.0 Å². The van der Waals surface area contributed by atoms with E-state index in [9.17, 15) is 8.42 Å². The Hall–Kier alpha value is -2.25. The van der Waals surface area contributed by atoms with Crippen LogP contribution in [0.5, 0.6) is 5.88 Å². The molecular formula is C17H19N3O3S. The summed E-state index contributed by atoms with van der Waals surface area (Å²) in [6.45, 7) is 2.55. The van der Waals surface area contributed by atoms with Crippen molar-refractivity contribution < 1.29 is 13.2 Å². The molecule has 2 heterocycles. The van der Waals surface area contributed by atoms with Crippen molar-refractivity contribution in [3.8, 4) is 5.88 Å². The summed E-state index contributed by atoms with van der Waals surface area (Å²) in [6.07, 6.45) is 3.68. The highest BCUT2D eigenvalue weighted by atomic mass is 32.2. The van der Waals surface area contributed by atoms with E-state index in [1.165, 1.54) is 9.71 Å². The quantitative estimate of drug-likeness (QED) is 0.831. The fourth-order valence-electron chi connectivity index (χ4n) is 2.51. The number of hydrogen-bond donors (Lipinski definition) is 0. The van der Waals surface area contributed by atoms with Crippen molar-refractivity contribution in [2.75, 3.05) is 13.1 Å². The summed E-state index contributed by atoms with van der Waals surface area (Å²) < 4.78 is 32.0. The van der Waals surface area contributed by atoms with Crippen LogP contribution in [0, 0.1) is 6.92 Å². The lowest BCUT2D eigenvalue weighted by atomic mass is 10.2. The molecule has 1 aromatic heterocycles. The fourth-order valence-corrected chi connectivity index (χ4v) is 3.75. The van der Waals surface area contributed by atoms with E-state index in [4.69, 9.17) is 4.74 Å². The molecule has 0 bridgehead atoms. The van der Waals surface area contributed by atoms with Gasteiger partial charge in [-0.25, -0.2) is 13.4 Å². The van der Waals surface area contributed by atoms with E-state index in [1.54, 1.807) is 25.3 Å². The van der Waals surface area contributed by atoms with Crippen LogP contribution in [-0.2, 0) is 10.0 Å². The van der Waals surface area contributed by atoms with Crippen molar-refractivity contribution in [3.05, 3.63) is 59.4 Å². The third-order valence-corrected chi connectivity index (χ3v) is 5.27. The number of sulfonamides is 1. The first kappa shape index (κ1) is 16.6. The Labute approximate surface area is 141 Å². The predicted octanol–water partition coefficient (Wildman–Crippen LogP) is 2.24.